The fraction of sp³-hybridized carbons (Fsp3) is 0.480. The van der Waals surface area contributed by atoms with Gasteiger partial charge in [0, 0.05) is 19.5 Å². The van der Waals surface area contributed by atoms with Crippen molar-refractivity contribution < 1.29 is 40.9 Å². The van der Waals surface area contributed by atoms with Crippen molar-refractivity contribution in [2.45, 2.75) is 56.5 Å². The molecule has 0 radical (unpaired) electrons. The van der Waals surface area contributed by atoms with Crippen molar-refractivity contribution in [3.63, 3.8) is 0 Å². The number of hydroxylamine groups is 1. The molecule has 0 aliphatic carbocycles. The zero-order chi connectivity index (χ0) is 27.0. The largest absolute Gasteiger partial charge is 0.416 e. The number of nitrogens with zero attached hydrogens (tertiary/aromatic N) is 2. The lowest BCUT2D eigenvalue weighted by molar-refractivity contribution is -0.137. The van der Waals surface area contributed by atoms with Crippen molar-refractivity contribution in [3.05, 3.63) is 64.7 Å². The lowest BCUT2D eigenvalue weighted by atomic mass is 9.84. The van der Waals surface area contributed by atoms with Gasteiger partial charge in [0.15, 0.2) is 0 Å². The molecule has 2 heterocycles. The Morgan fingerprint density at radius 1 is 1.08 bits per heavy atom. The zero-order valence-corrected chi connectivity index (χ0v) is 21.1. The van der Waals surface area contributed by atoms with Gasteiger partial charge in [0.25, 0.3) is 16.0 Å². The van der Waals surface area contributed by atoms with Crippen molar-refractivity contribution in [1.29, 1.82) is 0 Å². The van der Waals surface area contributed by atoms with E-state index < -0.39 is 39.6 Å². The SMILES string of the molecule is CS(=O)(=O)ON1C(=O)CCc2cc(CCC(O)N3CCC(O)(c4ccc(C(F)(F)F)cc4)CC3)ccc21. The Morgan fingerprint density at radius 3 is 2.32 bits per heavy atom. The third-order valence-electron chi connectivity index (χ3n) is 6.89. The van der Waals surface area contributed by atoms with Gasteiger partial charge in [-0.1, -0.05) is 24.3 Å². The summed E-state index contributed by atoms with van der Waals surface area (Å²) in [6.07, 6.45) is -2.30. The highest BCUT2D eigenvalue weighted by atomic mass is 32.2. The molecule has 1 unspecified atom stereocenters. The number of halogens is 3. The summed E-state index contributed by atoms with van der Waals surface area (Å²) in [5.74, 6) is -0.442. The van der Waals surface area contributed by atoms with Gasteiger partial charge in [-0.25, -0.2) is 0 Å². The number of carbonyl (C=O) groups excluding carboxylic acids is 1. The van der Waals surface area contributed by atoms with Crippen LogP contribution < -0.4 is 5.06 Å². The third-order valence-corrected chi connectivity index (χ3v) is 7.31. The zero-order valence-electron chi connectivity index (χ0n) is 20.2. The van der Waals surface area contributed by atoms with Gasteiger partial charge in [0.2, 0.25) is 0 Å². The molecular formula is C25H29F3N2O6S. The first-order valence-electron chi connectivity index (χ1n) is 11.9. The van der Waals surface area contributed by atoms with Crippen molar-refractivity contribution in [2.75, 3.05) is 24.4 Å². The maximum atomic E-state index is 12.8. The van der Waals surface area contributed by atoms with Crippen molar-refractivity contribution in [2.24, 2.45) is 0 Å². The minimum atomic E-state index is -4.44. The first-order chi connectivity index (χ1) is 17.2. The smallest absolute Gasteiger partial charge is 0.385 e. The highest BCUT2D eigenvalue weighted by Crippen LogP contribution is 2.36. The number of alkyl halides is 3. The van der Waals surface area contributed by atoms with E-state index in [0.717, 1.165) is 34.6 Å². The predicted octanol–water partition coefficient (Wildman–Crippen LogP) is 3.11. The number of aliphatic hydroxyl groups is 2. The second-order valence-electron chi connectivity index (χ2n) is 9.59. The van der Waals surface area contributed by atoms with Gasteiger partial charge in [-0.15, -0.1) is 4.28 Å². The van der Waals surface area contributed by atoms with Gasteiger partial charge in [0.05, 0.1) is 23.1 Å². The van der Waals surface area contributed by atoms with E-state index in [1.54, 1.807) is 12.1 Å². The number of hydrogen-bond donors (Lipinski definition) is 2. The molecule has 37 heavy (non-hydrogen) atoms. The second kappa shape index (κ2) is 10.3. The number of fused-ring (bicyclic) bond motifs is 1. The molecule has 12 heteroatoms. The molecule has 2 aliphatic rings. The number of carbonyl (C=O) groups is 1. The van der Waals surface area contributed by atoms with Crippen LogP contribution in [0.15, 0.2) is 42.5 Å². The number of anilines is 1. The number of aryl methyl sites for hydroxylation is 2. The molecule has 4 rings (SSSR count). The van der Waals surface area contributed by atoms with Crippen LogP contribution >= 0.6 is 0 Å². The Kier molecular flexibility index (Phi) is 7.69. The molecule has 0 bridgehead atoms. The average Bonchev–Trinajstić information content (AvgIpc) is 2.83. The first kappa shape index (κ1) is 27.5. The van der Waals surface area contributed by atoms with E-state index in [0.29, 0.717) is 43.6 Å². The maximum Gasteiger partial charge on any atom is 0.416 e. The Balaban J connectivity index is 1.33. The topological polar surface area (TPSA) is 107 Å². The standard InChI is InChI=1S/C25H29F3N2O6S/c1-37(34,35)36-30-21-9-2-17(16-18(21)4-11-23(30)32)3-10-22(31)29-14-12-24(33,13-15-29)19-5-7-20(8-6-19)25(26,27)28/h2,5-9,16,22,31,33H,3-4,10-15H2,1H3. The summed E-state index contributed by atoms with van der Waals surface area (Å²) in [4.78, 5) is 14.0. The van der Waals surface area contributed by atoms with Gasteiger partial charge in [-0.3, -0.25) is 9.69 Å². The Labute approximate surface area is 213 Å². The molecule has 0 saturated carbocycles. The number of benzene rings is 2. The number of likely N-dealkylation sites (tertiary alicyclic amines) is 1. The van der Waals surface area contributed by atoms with E-state index >= 15 is 0 Å². The van der Waals surface area contributed by atoms with Crippen LogP contribution in [0, 0.1) is 0 Å². The lowest BCUT2D eigenvalue weighted by Crippen LogP contribution is -2.47. The maximum absolute atomic E-state index is 12.8. The molecule has 1 saturated heterocycles. The summed E-state index contributed by atoms with van der Waals surface area (Å²) in [7, 11) is -3.87. The van der Waals surface area contributed by atoms with Crippen LogP contribution in [0.2, 0.25) is 0 Å². The van der Waals surface area contributed by atoms with Gasteiger partial charge in [-0.2, -0.15) is 26.7 Å². The van der Waals surface area contributed by atoms with E-state index in [1.807, 2.05) is 11.0 Å². The van der Waals surface area contributed by atoms with E-state index in [9.17, 15) is 36.6 Å². The number of piperidine rings is 1. The summed E-state index contributed by atoms with van der Waals surface area (Å²) in [5, 5.41) is 22.5. The summed E-state index contributed by atoms with van der Waals surface area (Å²) >= 11 is 0. The Hall–Kier alpha value is -2.51. The number of hydrogen-bond acceptors (Lipinski definition) is 7. The average molecular weight is 543 g/mol. The molecule has 8 nitrogen and oxygen atoms in total. The molecule has 1 amide bonds. The molecule has 2 N–H and O–H groups in total. The van der Waals surface area contributed by atoms with Crippen LogP contribution in [-0.4, -0.2) is 55.0 Å². The van der Waals surface area contributed by atoms with Crippen LogP contribution in [0.3, 0.4) is 0 Å². The number of amides is 1. The summed E-state index contributed by atoms with van der Waals surface area (Å²) in [5.41, 5.74) is 0.466. The van der Waals surface area contributed by atoms with Gasteiger partial charge in [-0.05, 0) is 67.0 Å². The minimum Gasteiger partial charge on any atom is -0.385 e. The predicted molar refractivity (Wildman–Crippen MR) is 129 cm³/mol. The fourth-order valence-electron chi connectivity index (χ4n) is 4.82. The molecule has 2 aromatic carbocycles. The molecule has 1 atom stereocenters. The highest BCUT2D eigenvalue weighted by Gasteiger charge is 2.37. The minimum absolute atomic E-state index is 0.115. The molecule has 0 spiro atoms. The quantitative estimate of drug-likeness (QED) is 0.554. The van der Waals surface area contributed by atoms with Crippen LogP contribution in [-0.2, 0) is 43.8 Å². The van der Waals surface area contributed by atoms with Gasteiger partial charge in [0.1, 0.15) is 6.23 Å². The monoisotopic (exact) mass is 542 g/mol. The number of aliphatic hydroxyl groups excluding tert-OH is 1. The summed E-state index contributed by atoms with van der Waals surface area (Å²) in [6.45, 7) is 0.756. The van der Waals surface area contributed by atoms with E-state index in [2.05, 4.69) is 0 Å². The number of rotatable bonds is 7. The van der Waals surface area contributed by atoms with Gasteiger partial charge >= 0.3 is 6.18 Å². The van der Waals surface area contributed by atoms with E-state index in [-0.39, 0.29) is 19.3 Å². The second-order valence-corrected chi connectivity index (χ2v) is 11.1. The van der Waals surface area contributed by atoms with Crippen LogP contribution in [0.1, 0.15) is 47.9 Å². The molecule has 2 aliphatic heterocycles. The highest BCUT2D eigenvalue weighted by molar-refractivity contribution is 7.86. The third kappa shape index (κ3) is 6.50. The fourth-order valence-corrected chi connectivity index (χ4v) is 5.25. The lowest BCUT2D eigenvalue weighted by Gasteiger charge is -2.40. The molecular weight excluding hydrogens is 513 g/mol. The Bertz CT molecular complexity index is 1240. The van der Waals surface area contributed by atoms with Crippen molar-refractivity contribution in [1.82, 2.24) is 4.90 Å². The first-order valence-corrected chi connectivity index (χ1v) is 13.7. The molecule has 0 aromatic heterocycles. The summed E-state index contributed by atoms with van der Waals surface area (Å²) in [6, 6.07) is 9.80. The van der Waals surface area contributed by atoms with Crippen molar-refractivity contribution in [3.8, 4) is 0 Å². The van der Waals surface area contributed by atoms with Crippen LogP contribution in [0.25, 0.3) is 0 Å². The van der Waals surface area contributed by atoms with E-state index in [1.165, 1.54) is 12.1 Å². The summed E-state index contributed by atoms with van der Waals surface area (Å²) < 4.78 is 66.4. The van der Waals surface area contributed by atoms with Crippen molar-refractivity contribution >= 4 is 21.7 Å². The van der Waals surface area contributed by atoms with E-state index in [4.69, 9.17) is 4.28 Å². The normalized spacial score (nSPS) is 19.5. The Morgan fingerprint density at radius 2 is 1.73 bits per heavy atom. The van der Waals surface area contributed by atoms with Crippen LogP contribution in [0.5, 0.6) is 0 Å². The molecule has 2 aromatic rings. The molecule has 202 valence electrons. The van der Waals surface area contributed by atoms with Crippen LogP contribution in [0.4, 0.5) is 18.9 Å². The molecule has 1 fully saturated rings. The van der Waals surface area contributed by atoms with Gasteiger partial charge < -0.3 is 10.2 Å².